The fourth-order valence-corrected chi connectivity index (χ4v) is 2.78. The van der Waals surface area contributed by atoms with Crippen LogP contribution in [-0.4, -0.2) is 69.7 Å². The van der Waals surface area contributed by atoms with E-state index in [0.717, 1.165) is 24.6 Å². The van der Waals surface area contributed by atoms with Gasteiger partial charge in [-0.05, 0) is 12.8 Å². The molecule has 21 heavy (non-hydrogen) atoms. The highest BCUT2D eigenvalue weighted by atomic mass is 79.9. The summed E-state index contributed by atoms with van der Waals surface area (Å²) in [7, 11) is 0. The van der Waals surface area contributed by atoms with Crippen LogP contribution in [0.4, 0.5) is 0 Å². The summed E-state index contributed by atoms with van der Waals surface area (Å²) in [6, 6.07) is 0. The lowest BCUT2D eigenvalue weighted by molar-refractivity contribution is -0.294. The largest absolute Gasteiger partial charge is 0.394 e. The summed E-state index contributed by atoms with van der Waals surface area (Å²) in [5.74, 6) is 0. The van der Waals surface area contributed by atoms with Crippen LogP contribution in [0.5, 0.6) is 0 Å². The van der Waals surface area contributed by atoms with Crippen LogP contribution in [0.1, 0.15) is 38.5 Å². The van der Waals surface area contributed by atoms with Gasteiger partial charge in [-0.3, -0.25) is 0 Å². The minimum atomic E-state index is -1.44. The molecule has 0 saturated carbocycles. The molecule has 0 bridgehead atoms. The second kappa shape index (κ2) is 10.9. The maximum atomic E-state index is 9.93. The molecule has 0 spiro atoms. The highest BCUT2D eigenvalue weighted by molar-refractivity contribution is 9.09. The zero-order valence-electron chi connectivity index (χ0n) is 12.2. The Morgan fingerprint density at radius 3 is 2.14 bits per heavy atom. The monoisotopic (exact) mass is 370 g/mol. The molecule has 0 aromatic rings. The third-order valence-electron chi connectivity index (χ3n) is 3.68. The van der Waals surface area contributed by atoms with E-state index < -0.39 is 37.3 Å². The van der Waals surface area contributed by atoms with E-state index in [9.17, 15) is 15.3 Å². The highest BCUT2D eigenvalue weighted by Gasteiger charge is 2.44. The molecule has 1 aliphatic heterocycles. The molecule has 126 valence electrons. The molecule has 0 unspecified atom stereocenters. The maximum Gasteiger partial charge on any atom is 0.184 e. The molecule has 0 amide bonds. The van der Waals surface area contributed by atoms with Gasteiger partial charge in [0, 0.05) is 11.9 Å². The molecule has 0 aliphatic carbocycles. The van der Waals surface area contributed by atoms with Crippen molar-refractivity contribution in [2.24, 2.45) is 0 Å². The number of hydrogen-bond donors (Lipinski definition) is 4. The van der Waals surface area contributed by atoms with Crippen LogP contribution in [0.3, 0.4) is 0 Å². The molecule has 0 radical (unpaired) electrons. The lowest BCUT2D eigenvalue weighted by Crippen LogP contribution is -2.59. The maximum absolute atomic E-state index is 9.93. The topological polar surface area (TPSA) is 99.4 Å². The summed E-state index contributed by atoms with van der Waals surface area (Å²) in [6.07, 6.45) is 0.849. The SMILES string of the molecule is OC[C@H]1O[C@@H](O)[C@H](O)[C@@H](OCCCCCCCCBr)[C@@H]1O. The fraction of sp³-hybridized carbons (Fsp3) is 1.00. The Kier molecular flexibility index (Phi) is 9.99. The predicted molar refractivity (Wildman–Crippen MR) is 81.2 cm³/mol. The van der Waals surface area contributed by atoms with Gasteiger partial charge in [0.05, 0.1) is 6.61 Å². The molecular formula is C14H27BrO6. The summed E-state index contributed by atoms with van der Waals surface area (Å²) in [4.78, 5) is 0. The Bertz CT molecular complexity index is 268. The second-order valence-corrected chi connectivity index (χ2v) is 6.17. The van der Waals surface area contributed by atoms with E-state index in [1.807, 2.05) is 0 Å². The lowest BCUT2D eigenvalue weighted by atomic mass is 9.99. The van der Waals surface area contributed by atoms with E-state index in [0.29, 0.717) is 6.61 Å². The van der Waals surface area contributed by atoms with Gasteiger partial charge in [0.15, 0.2) is 6.29 Å². The summed E-state index contributed by atoms with van der Waals surface area (Å²) in [5, 5.41) is 39.3. The fourth-order valence-electron chi connectivity index (χ4n) is 2.39. The van der Waals surface area contributed by atoms with Crippen molar-refractivity contribution < 1.29 is 29.9 Å². The first kappa shape index (κ1) is 19.3. The van der Waals surface area contributed by atoms with Gasteiger partial charge in [0.25, 0.3) is 0 Å². The van der Waals surface area contributed by atoms with Crippen molar-refractivity contribution in [3.63, 3.8) is 0 Å². The summed E-state index contributed by atoms with van der Waals surface area (Å²) >= 11 is 3.40. The molecule has 6 nitrogen and oxygen atoms in total. The molecule has 4 N–H and O–H groups in total. The van der Waals surface area contributed by atoms with Crippen molar-refractivity contribution in [3.05, 3.63) is 0 Å². The second-order valence-electron chi connectivity index (χ2n) is 5.37. The molecule has 1 heterocycles. The minimum Gasteiger partial charge on any atom is -0.394 e. The molecular weight excluding hydrogens is 344 g/mol. The van der Waals surface area contributed by atoms with Gasteiger partial charge < -0.3 is 29.9 Å². The zero-order chi connectivity index (χ0) is 15.7. The van der Waals surface area contributed by atoms with Crippen LogP contribution in [0.15, 0.2) is 0 Å². The van der Waals surface area contributed by atoms with Crippen LogP contribution in [0.25, 0.3) is 0 Å². The number of rotatable bonds is 10. The van der Waals surface area contributed by atoms with Crippen LogP contribution in [-0.2, 0) is 9.47 Å². The van der Waals surface area contributed by atoms with Crippen LogP contribution < -0.4 is 0 Å². The van der Waals surface area contributed by atoms with E-state index in [1.54, 1.807) is 0 Å². The Balaban J connectivity index is 2.19. The molecule has 0 aromatic carbocycles. The Morgan fingerprint density at radius 2 is 1.52 bits per heavy atom. The van der Waals surface area contributed by atoms with Crippen LogP contribution in [0, 0.1) is 0 Å². The highest BCUT2D eigenvalue weighted by Crippen LogP contribution is 2.22. The third kappa shape index (κ3) is 6.48. The van der Waals surface area contributed by atoms with E-state index >= 15 is 0 Å². The number of unbranched alkanes of at least 4 members (excludes halogenated alkanes) is 5. The molecule has 0 aromatic heterocycles. The summed E-state index contributed by atoms with van der Waals surface area (Å²) in [6.45, 7) is -0.0273. The normalized spacial score (nSPS) is 33.3. The van der Waals surface area contributed by atoms with Gasteiger partial charge in [0.2, 0.25) is 0 Å². The first-order chi connectivity index (χ1) is 10.1. The number of hydrogen-bond acceptors (Lipinski definition) is 6. The van der Waals surface area contributed by atoms with Crippen molar-refractivity contribution in [2.75, 3.05) is 18.5 Å². The standard InChI is InChI=1S/C14H27BrO6/c15-7-5-3-1-2-4-6-8-20-13-11(17)10(9-16)21-14(19)12(13)18/h10-14,16-19H,1-9H2/t10-,11-,12-,13+,14-/m1/s1. The number of ether oxygens (including phenoxy) is 2. The molecule has 1 saturated heterocycles. The van der Waals surface area contributed by atoms with E-state index in [1.165, 1.54) is 19.3 Å². The van der Waals surface area contributed by atoms with Gasteiger partial charge in [-0.1, -0.05) is 41.6 Å². The van der Waals surface area contributed by atoms with Crippen molar-refractivity contribution in [1.82, 2.24) is 0 Å². The Hall–Kier alpha value is 0.240. The van der Waals surface area contributed by atoms with Crippen molar-refractivity contribution >= 4 is 15.9 Å². The van der Waals surface area contributed by atoms with Crippen LogP contribution in [0.2, 0.25) is 0 Å². The smallest absolute Gasteiger partial charge is 0.184 e. The first-order valence-electron chi connectivity index (χ1n) is 7.60. The lowest BCUT2D eigenvalue weighted by Gasteiger charge is -2.39. The number of halogens is 1. The van der Waals surface area contributed by atoms with E-state index in [2.05, 4.69) is 15.9 Å². The van der Waals surface area contributed by atoms with Gasteiger partial charge in [0.1, 0.15) is 24.4 Å². The number of aliphatic hydroxyl groups is 4. The van der Waals surface area contributed by atoms with Crippen LogP contribution >= 0.6 is 15.9 Å². The average molecular weight is 371 g/mol. The predicted octanol–water partition coefficient (Wildman–Crippen LogP) is 0.538. The Morgan fingerprint density at radius 1 is 0.905 bits per heavy atom. The first-order valence-corrected chi connectivity index (χ1v) is 8.72. The molecule has 1 aliphatic rings. The number of aliphatic hydroxyl groups excluding tert-OH is 4. The minimum absolute atomic E-state index is 0.405. The zero-order valence-corrected chi connectivity index (χ0v) is 13.8. The summed E-state index contributed by atoms with van der Waals surface area (Å²) < 4.78 is 10.4. The van der Waals surface area contributed by atoms with Gasteiger partial charge >= 0.3 is 0 Å². The van der Waals surface area contributed by atoms with E-state index in [4.69, 9.17) is 14.6 Å². The van der Waals surface area contributed by atoms with Crippen molar-refractivity contribution in [3.8, 4) is 0 Å². The van der Waals surface area contributed by atoms with Crippen molar-refractivity contribution in [2.45, 2.75) is 69.2 Å². The summed E-state index contributed by atoms with van der Waals surface area (Å²) in [5.41, 5.74) is 0. The molecule has 5 atom stereocenters. The third-order valence-corrected chi connectivity index (χ3v) is 4.24. The number of alkyl halides is 1. The van der Waals surface area contributed by atoms with Gasteiger partial charge in [-0.15, -0.1) is 0 Å². The average Bonchev–Trinajstić information content (AvgIpc) is 2.48. The van der Waals surface area contributed by atoms with Crippen molar-refractivity contribution in [1.29, 1.82) is 0 Å². The van der Waals surface area contributed by atoms with Gasteiger partial charge in [-0.25, -0.2) is 0 Å². The molecule has 7 heteroatoms. The molecule has 1 fully saturated rings. The molecule has 1 rings (SSSR count). The van der Waals surface area contributed by atoms with E-state index in [-0.39, 0.29) is 0 Å². The van der Waals surface area contributed by atoms with Gasteiger partial charge in [-0.2, -0.15) is 0 Å². The Labute approximate surface area is 134 Å². The quantitative estimate of drug-likeness (QED) is 0.331.